The summed E-state index contributed by atoms with van der Waals surface area (Å²) in [7, 11) is 2.02. The highest BCUT2D eigenvalue weighted by molar-refractivity contribution is 6.30. The van der Waals surface area contributed by atoms with Crippen LogP contribution in [0.4, 0.5) is 0 Å². The molecule has 1 aromatic rings. The van der Waals surface area contributed by atoms with E-state index in [2.05, 4.69) is 21.9 Å². The number of likely N-dealkylation sites (N-methyl/N-ethyl adjacent to an activating group) is 1. The summed E-state index contributed by atoms with van der Waals surface area (Å²) in [6.07, 6.45) is 9.53. The van der Waals surface area contributed by atoms with Crippen LogP contribution in [0.3, 0.4) is 0 Å². The van der Waals surface area contributed by atoms with Crippen molar-refractivity contribution >= 4 is 17.5 Å². The Balaban J connectivity index is 1.66. The molecule has 0 bridgehead atoms. The van der Waals surface area contributed by atoms with Gasteiger partial charge in [-0.15, -0.1) is 0 Å². The number of carbonyl (C=O) groups excluding carboxylic acids is 1. The third-order valence-electron chi connectivity index (χ3n) is 5.67. The number of rotatable bonds is 4. The average Bonchev–Trinajstić information content (AvgIpc) is 2.63. The number of amides is 1. The smallest absolute Gasteiger partial charge is 0.239 e. The Bertz CT molecular complexity index is 539. The fourth-order valence-electron chi connectivity index (χ4n) is 4.17. The molecule has 1 unspecified atom stereocenters. The molecule has 1 saturated heterocycles. The lowest BCUT2D eigenvalue weighted by Crippen LogP contribution is -2.52. The van der Waals surface area contributed by atoms with Crippen molar-refractivity contribution in [2.75, 3.05) is 13.6 Å². The van der Waals surface area contributed by atoms with Crippen LogP contribution in [0.2, 0.25) is 5.02 Å². The van der Waals surface area contributed by atoms with Crippen LogP contribution in [0.1, 0.15) is 56.9 Å². The van der Waals surface area contributed by atoms with E-state index in [1.807, 2.05) is 19.2 Å². The molecule has 3 nitrogen and oxygen atoms in total. The van der Waals surface area contributed by atoms with E-state index in [1.54, 1.807) is 0 Å². The van der Waals surface area contributed by atoms with Crippen LogP contribution in [0.25, 0.3) is 0 Å². The van der Waals surface area contributed by atoms with Crippen molar-refractivity contribution in [3.8, 4) is 0 Å². The molecule has 1 saturated carbocycles. The number of hydrogen-bond acceptors (Lipinski definition) is 2. The lowest BCUT2D eigenvalue weighted by Gasteiger charge is -2.40. The second-order valence-corrected chi connectivity index (χ2v) is 7.79. The molecule has 1 heterocycles. The van der Waals surface area contributed by atoms with Crippen LogP contribution in [-0.2, 0) is 11.3 Å². The molecule has 24 heavy (non-hydrogen) atoms. The molecule has 2 aliphatic rings. The molecular formula is C20H29ClN2O. The normalized spacial score (nSPS) is 23.2. The zero-order valence-electron chi connectivity index (χ0n) is 14.7. The lowest BCUT2D eigenvalue weighted by molar-refractivity contribution is -0.140. The maximum atomic E-state index is 13.1. The third-order valence-corrected chi connectivity index (χ3v) is 5.92. The summed E-state index contributed by atoms with van der Waals surface area (Å²) < 4.78 is 0. The minimum absolute atomic E-state index is 0.0429. The Kier molecular flexibility index (Phi) is 6.18. The summed E-state index contributed by atoms with van der Waals surface area (Å²) in [5, 5.41) is 0.766. The number of likely N-dealkylation sites (tertiary alicyclic amines) is 1. The molecule has 0 aromatic heterocycles. The number of carbonyl (C=O) groups is 1. The first-order chi connectivity index (χ1) is 11.6. The van der Waals surface area contributed by atoms with Gasteiger partial charge in [0, 0.05) is 24.7 Å². The number of benzene rings is 1. The first-order valence-corrected chi connectivity index (χ1v) is 9.78. The van der Waals surface area contributed by atoms with Crippen LogP contribution in [0, 0.1) is 0 Å². The molecule has 0 spiro atoms. The predicted octanol–water partition coefficient (Wildman–Crippen LogP) is 4.49. The Morgan fingerprint density at radius 2 is 1.75 bits per heavy atom. The van der Waals surface area contributed by atoms with Gasteiger partial charge in [-0.3, -0.25) is 9.69 Å². The van der Waals surface area contributed by atoms with Crippen molar-refractivity contribution in [2.24, 2.45) is 0 Å². The largest absolute Gasteiger partial charge is 0.341 e. The second kappa shape index (κ2) is 8.35. The highest BCUT2D eigenvalue weighted by atomic mass is 35.5. The number of hydrogen-bond donors (Lipinski definition) is 0. The fraction of sp³-hybridized carbons (Fsp3) is 0.650. The lowest BCUT2D eigenvalue weighted by atomic mass is 9.93. The van der Waals surface area contributed by atoms with Gasteiger partial charge in [0.25, 0.3) is 0 Å². The molecule has 132 valence electrons. The Morgan fingerprint density at radius 1 is 1.08 bits per heavy atom. The van der Waals surface area contributed by atoms with Crippen molar-refractivity contribution in [1.29, 1.82) is 0 Å². The van der Waals surface area contributed by atoms with Gasteiger partial charge < -0.3 is 4.90 Å². The molecule has 0 radical (unpaired) electrons. The summed E-state index contributed by atoms with van der Waals surface area (Å²) >= 11 is 5.99. The fourth-order valence-corrected chi connectivity index (χ4v) is 4.29. The van der Waals surface area contributed by atoms with Gasteiger partial charge in [-0.1, -0.05) is 49.4 Å². The zero-order valence-corrected chi connectivity index (χ0v) is 15.5. The van der Waals surface area contributed by atoms with Crippen molar-refractivity contribution in [3.05, 3.63) is 34.9 Å². The standard InChI is InChI=1S/C20H29ClN2O/c1-22(18-7-3-2-4-8-18)20(24)19-9-5-6-14-23(19)15-16-10-12-17(21)13-11-16/h10-13,18-19H,2-9,14-15H2,1H3. The van der Waals surface area contributed by atoms with Crippen molar-refractivity contribution in [1.82, 2.24) is 9.80 Å². The maximum Gasteiger partial charge on any atom is 0.239 e. The molecule has 3 rings (SSSR count). The molecule has 1 atom stereocenters. The van der Waals surface area contributed by atoms with Gasteiger partial charge in [0.1, 0.15) is 0 Å². The number of nitrogens with zero attached hydrogens (tertiary/aromatic N) is 2. The molecule has 1 aliphatic carbocycles. The SMILES string of the molecule is CN(C(=O)C1CCCCN1Cc1ccc(Cl)cc1)C1CCCCC1. The van der Waals surface area contributed by atoms with Gasteiger partial charge in [0.05, 0.1) is 6.04 Å². The van der Waals surface area contributed by atoms with E-state index >= 15 is 0 Å². The summed E-state index contributed by atoms with van der Waals surface area (Å²) in [5.41, 5.74) is 1.24. The van der Waals surface area contributed by atoms with E-state index < -0.39 is 0 Å². The first kappa shape index (κ1) is 17.8. The molecule has 0 N–H and O–H groups in total. The highest BCUT2D eigenvalue weighted by Gasteiger charge is 2.33. The van der Waals surface area contributed by atoms with Gasteiger partial charge in [-0.2, -0.15) is 0 Å². The van der Waals surface area contributed by atoms with Gasteiger partial charge >= 0.3 is 0 Å². The van der Waals surface area contributed by atoms with E-state index in [1.165, 1.54) is 44.1 Å². The molecule has 2 fully saturated rings. The van der Waals surface area contributed by atoms with Crippen LogP contribution in [0.15, 0.2) is 24.3 Å². The van der Waals surface area contributed by atoms with E-state index in [0.29, 0.717) is 11.9 Å². The second-order valence-electron chi connectivity index (χ2n) is 7.35. The summed E-state index contributed by atoms with van der Waals surface area (Å²) in [4.78, 5) is 17.5. The predicted molar refractivity (Wildman–Crippen MR) is 99.1 cm³/mol. The Hall–Kier alpha value is -1.06. The van der Waals surface area contributed by atoms with Gasteiger partial charge in [0.15, 0.2) is 0 Å². The van der Waals surface area contributed by atoms with Crippen molar-refractivity contribution in [2.45, 2.75) is 70.0 Å². The molecule has 1 aliphatic heterocycles. The molecule has 1 aromatic carbocycles. The summed E-state index contributed by atoms with van der Waals surface area (Å²) in [6.45, 7) is 1.85. The van der Waals surface area contributed by atoms with E-state index in [4.69, 9.17) is 11.6 Å². The Morgan fingerprint density at radius 3 is 2.46 bits per heavy atom. The quantitative estimate of drug-likeness (QED) is 0.800. The van der Waals surface area contributed by atoms with Gasteiger partial charge in [-0.25, -0.2) is 0 Å². The Labute approximate surface area is 151 Å². The first-order valence-electron chi connectivity index (χ1n) is 9.40. The van der Waals surface area contributed by atoms with Gasteiger partial charge in [0.2, 0.25) is 5.91 Å². The van der Waals surface area contributed by atoms with Crippen LogP contribution in [0.5, 0.6) is 0 Å². The molecule has 1 amide bonds. The third kappa shape index (κ3) is 4.31. The van der Waals surface area contributed by atoms with Gasteiger partial charge in [-0.05, 0) is 49.9 Å². The van der Waals surface area contributed by atoms with Crippen LogP contribution < -0.4 is 0 Å². The topological polar surface area (TPSA) is 23.6 Å². The van der Waals surface area contributed by atoms with E-state index in [-0.39, 0.29) is 6.04 Å². The number of piperidine rings is 1. The molecular weight excluding hydrogens is 320 g/mol. The van der Waals surface area contributed by atoms with E-state index in [0.717, 1.165) is 31.0 Å². The number of halogens is 1. The monoisotopic (exact) mass is 348 g/mol. The van der Waals surface area contributed by atoms with Crippen molar-refractivity contribution < 1.29 is 4.79 Å². The minimum Gasteiger partial charge on any atom is -0.341 e. The highest BCUT2D eigenvalue weighted by Crippen LogP contribution is 2.26. The maximum absolute atomic E-state index is 13.1. The summed E-state index contributed by atoms with van der Waals surface area (Å²) in [5.74, 6) is 0.329. The minimum atomic E-state index is 0.0429. The van der Waals surface area contributed by atoms with Crippen LogP contribution >= 0.6 is 11.6 Å². The van der Waals surface area contributed by atoms with E-state index in [9.17, 15) is 4.79 Å². The summed E-state index contributed by atoms with van der Waals surface area (Å²) in [6, 6.07) is 8.51. The van der Waals surface area contributed by atoms with Crippen LogP contribution in [-0.4, -0.2) is 41.4 Å². The zero-order chi connectivity index (χ0) is 16.9. The molecule has 4 heteroatoms. The van der Waals surface area contributed by atoms with Crippen molar-refractivity contribution in [3.63, 3.8) is 0 Å². The average molecular weight is 349 g/mol.